The van der Waals surface area contributed by atoms with Crippen LogP contribution in [0.25, 0.3) is 0 Å². The molecule has 0 radical (unpaired) electrons. The van der Waals surface area contributed by atoms with Crippen molar-refractivity contribution in [1.29, 1.82) is 5.26 Å². The SMILES string of the molecule is N#Cc1cccc(C(=O)N2CC(Oc3cccnc3)C2)c1. The lowest BCUT2D eigenvalue weighted by Crippen LogP contribution is -2.56. The summed E-state index contributed by atoms with van der Waals surface area (Å²) in [5.74, 6) is 0.638. The van der Waals surface area contributed by atoms with Gasteiger partial charge in [0.2, 0.25) is 0 Å². The van der Waals surface area contributed by atoms with Crippen LogP contribution >= 0.6 is 0 Å². The maximum atomic E-state index is 12.2. The number of amides is 1. The number of aromatic nitrogens is 1. The average molecular weight is 279 g/mol. The van der Waals surface area contributed by atoms with E-state index in [0.29, 0.717) is 30.0 Å². The first-order valence-corrected chi connectivity index (χ1v) is 6.62. The minimum Gasteiger partial charge on any atom is -0.485 e. The number of likely N-dealkylation sites (tertiary alicyclic amines) is 1. The number of rotatable bonds is 3. The normalized spacial score (nSPS) is 14.1. The smallest absolute Gasteiger partial charge is 0.254 e. The van der Waals surface area contributed by atoms with Crippen LogP contribution in [0.15, 0.2) is 48.8 Å². The quantitative estimate of drug-likeness (QED) is 0.860. The Morgan fingerprint density at radius 3 is 2.90 bits per heavy atom. The third-order valence-corrected chi connectivity index (χ3v) is 3.31. The molecule has 3 rings (SSSR count). The van der Waals surface area contributed by atoms with Crippen molar-refractivity contribution in [3.63, 3.8) is 0 Å². The lowest BCUT2D eigenvalue weighted by Gasteiger charge is -2.38. The van der Waals surface area contributed by atoms with Crippen molar-refractivity contribution in [2.45, 2.75) is 6.10 Å². The molecule has 21 heavy (non-hydrogen) atoms. The molecule has 0 saturated carbocycles. The highest BCUT2D eigenvalue weighted by Crippen LogP contribution is 2.19. The number of benzene rings is 1. The summed E-state index contributed by atoms with van der Waals surface area (Å²) in [5.41, 5.74) is 1.03. The topological polar surface area (TPSA) is 66.2 Å². The molecule has 1 aliphatic heterocycles. The van der Waals surface area contributed by atoms with Gasteiger partial charge in [-0.15, -0.1) is 0 Å². The van der Waals surface area contributed by atoms with E-state index in [1.165, 1.54) is 0 Å². The molecule has 0 N–H and O–H groups in total. The van der Waals surface area contributed by atoms with Gasteiger partial charge in [0.1, 0.15) is 11.9 Å². The van der Waals surface area contributed by atoms with Crippen molar-refractivity contribution in [2.75, 3.05) is 13.1 Å². The van der Waals surface area contributed by atoms with Gasteiger partial charge in [0.15, 0.2) is 0 Å². The molecule has 0 aliphatic carbocycles. The van der Waals surface area contributed by atoms with Gasteiger partial charge in [-0.2, -0.15) is 5.26 Å². The average Bonchev–Trinajstić information content (AvgIpc) is 2.51. The summed E-state index contributed by atoms with van der Waals surface area (Å²) < 4.78 is 5.70. The molecule has 5 heteroatoms. The summed E-state index contributed by atoms with van der Waals surface area (Å²) >= 11 is 0. The number of hydrogen-bond acceptors (Lipinski definition) is 4. The number of pyridine rings is 1. The Labute approximate surface area is 122 Å². The Kier molecular flexibility index (Phi) is 3.52. The molecule has 0 bridgehead atoms. The summed E-state index contributed by atoms with van der Waals surface area (Å²) in [7, 11) is 0. The van der Waals surface area contributed by atoms with Crippen molar-refractivity contribution in [3.8, 4) is 11.8 Å². The van der Waals surface area contributed by atoms with Gasteiger partial charge in [0.05, 0.1) is 30.9 Å². The fourth-order valence-corrected chi connectivity index (χ4v) is 2.19. The number of hydrogen-bond donors (Lipinski definition) is 0. The van der Waals surface area contributed by atoms with Crippen molar-refractivity contribution in [1.82, 2.24) is 9.88 Å². The highest BCUT2D eigenvalue weighted by Gasteiger charge is 2.32. The molecule has 0 spiro atoms. The van der Waals surface area contributed by atoms with E-state index in [-0.39, 0.29) is 12.0 Å². The minimum absolute atomic E-state index is 0.00250. The van der Waals surface area contributed by atoms with Gasteiger partial charge >= 0.3 is 0 Å². The van der Waals surface area contributed by atoms with Crippen LogP contribution in [0.2, 0.25) is 0 Å². The number of carbonyl (C=O) groups is 1. The van der Waals surface area contributed by atoms with E-state index in [1.54, 1.807) is 41.6 Å². The molecule has 0 unspecified atom stereocenters. The maximum Gasteiger partial charge on any atom is 0.254 e. The molecule has 1 fully saturated rings. The van der Waals surface area contributed by atoms with E-state index in [4.69, 9.17) is 10.00 Å². The molecule has 1 aliphatic rings. The summed E-state index contributed by atoms with van der Waals surface area (Å²) in [6, 6.07) is 12.4. The van der Waals surface area contributed by atoms with E-state index in [1.807, 2.05) is 18.2 Å². The van der Waals surface area contributed by atoms with Crippen LogP contribution in [0.1, 0.15) is 15.9 Å². The van der Waals surface area contributed by atoms with Crippen LogP contribution in [0.4, 0.5) is 0 Å². The number of ether oxygens (including phenoxy) is 1. The summed E-state index contributed by atoms with van der Waals surface area (Å²) in [5, 5.41) is 8.86. The third kappa shape index (κ3) is 2.84. The van der Waals surface area contributed by atoms with Crippen LogP contribution in [-0.4, -0.2) is 35.0 Å². The van der Waals surface area contributed by atoms with E-state index in [9.17, 15) is 4.79 Å². The standard InChI is InChI=1S/C16H13N3O2/c17-8-12-3-1-4-13(7-12)16(20)19-10-15(11-19)21-14-5-2-6-18-9-14/h1-7,9,15H,10-11H2. The summed E-state index contributed by atoms with van der Waals surface area (Å²) in [6.07, 6.45) is 3.34. The zero-order chi connectivity index (χ0) is 14.7. The Morgan fingerprint density at radius 2 is 2.19 bits per heavy atom. The van der Waals surface area contributed by atoms with Gasteiger partial charge in [-0.3, -0.25) is 9.78 Å². The van der Waals surface area contributed by atoms with E-state index >= 15 is 0 Å². The molecule has 1 amide bonds. The van der Waals surface area contributed by atoms with Crippen molar-refractivity contribution < 1.29 is 9.53 Å². The highest BCUT2D eigenvalue weighted by molar-refractivity contribution is 5.95. The second-order valence-electron chi connectivity index (χ2n) is 4.83. The van der Waals surface area contributed by atoms with E-state index in [2.05, 4.69) is 4.98 Å². The predicted octanol–water partition coefficient (Wildman–Crippen LogP) is 1.86. The monoisotopic (exact) mass is 279 g/mol. The third-order valence-electron chi connectivity index (χ3n) is 3.31. The van der Waals surface area contributed by atoms with E-state index < -0.39 is 0 Å². The molecule has 0 atom stereocenters. The highest BCUT2D eigenvalue weighted by atomic mass is 16.5. The second kappa shape index (κ2) is 5.63. The van der Waals surface area contributed by atoms with Gasteiger partial charge in [-0.1, -0.05) is 6.07 Å². The molecular formula is C16H13N3O2. The van der Waals surface area contributed by atoms with Crippen molar-refractivity contribution in [2.24, 2.45) is 0 Å². The molecule has 2 aromatic rings. The van der Waals surface area contributed by atoms with Crippen molar-refractivity contribution in [3.05, 3.63) is 59.9 Å². The Bertz CT molecular complexity index is 688. The first kappa shape index (κ1) is 13.1. The van der Waals surface area contributed by atoms with Gasteiger partial charge in [0.25, 0.3) is 5.91 Å². The van der Waals surface area contributed by atoms with Crippen LogP contribution in [-0.2, 0) is 0 Å². The van der Waals surface area contributed by atoms with Crippen LogP contribution in [0.3, 0.4) is 0 Å². The lowest BCUT2D eigenvalue weighted by molar-refractivity contribution is 0.0176. The molecular weight excluding hydrogens is 266 g/mol. The Hall–Kier alpha value is -2.87. The molecule has 1 aromatic carbocycles. The number of nitriles is 1. The molecule has 5 nitrogen and oxygen atoms in total. The fraction of sp³-hybridized carbons (Fsp3) is 0.188. The van der Waals surface area contributed by atoms with Crippen LogP contribution in [0, 0.1) is 11.3 Å². The number of nitrogens with zero attached hydrogens (tertiary/aromatic N) is 3. The second-order valence-corrected chi connectivity index (χ2v) is 4.83. The van der Waals surface area contributed by atoms with Gasteiger partial charge in [-0.05, 0) is 30.3 Å². The Balaban J connectivity index is 1.58. The fourth-order valence-electron chi connectivity index (χ4n) is 2.19. The molecule has 1 aromatic heterocycles. The molecule has 1 saturated heterocycles. The molecule has 104 valence electrons. The zero-order valence-corrected chi connectivity index (χ0v) is 11.3. The summed E-state index contributed by atoms with van der Waals surface area (Å²) in [6.45, 7) is 1.09. The van der Waals surface area contributed by atoms with E-state index in [0.717, 1.165) is 0 Å². The predicted molar refractivity (Wildman–Crippen MR) is 75.7 cm³/mol. The minimum atomic E-state index is -0.0712. The van der Waals surface area contributed by atoms with Gasteiger partial charge in [-0.25, -0.2) is 0 Å². The van der Waals surface area contributed by atoms with Gasteiger partial charge < -0.3 is 9.64 Å². The van der Waals surface area contributed by atoms with Crippen LogP contribution in [0.5, 0.6) is 5.75 Å². The lowest BCUT2D eigenvalue weighted by atomic mass is 10.1. The maximum absolute atomic E-state index is 12.2. The largest absolute Gasteiger partial charge is 0.485 e. The zero-order valence-electron chi connectivity index (χ0n) is 11.3. The van der Waals surface area contributed by atoms with Crippen molar-refractivity contribution >= 4 is 5.91 Å². The first-order chi connectivity index (χ1) is 10.3. The Morgan fingerprint density at radius 1 is 1.33 bits per heavy atom. The van der Waals surface area contributed by atoms with Gasteiger partial charge in [0, 0.05) is 11.8 Å². The first-order valence-electron chi connectivity index (χ1n) is 6.62. The molecule has 2 heterocycles. The number of carbonyl (C=O) groups excluding carboxylic acids is 1. The van der Waals surface area contributed by atoms with Crippen LogP contribution < -0.4 is 4.74 Å². The summed E-state index contributed by atoms with van der Waals surface area (Å²) in [4.78, 5) is 17.9.